The molecule has 0 bridgehead atoms. The second-order valence-electron chi connectivity index (χ2n) is 5.76. The molecule has 0 saturated carbocycles. The Balaban J connectivity index is 1.82. The molecule has 2 aromatic rings. The fourth-order valence-corrected chi connectivity index (χ4v) is 4.83. The lowest BCUT2D eigenvalue weighted by Gasteiger charge is -2.18. The second kappa shape index (κ2) is 6.68. The van der Waals surface area contributed by atoms with Crippen LogP contribution >= 0.6 is 22.7 Å². The van der Waals surface area contributed by atoms with E-state index >= 15 is 0 Å². The number of thiophene rings is 2. The Morgan fingerprint density at radius 2 is 2.26 bits per heavy atom. The molecule has 0 spiro atoms. The molecule has 1 unspecified atom stereocenters. The summed E-state index contributed by atoms with van der Waals surface area (Å²) in [6.45, 7) is 2.20. The van der Waals surface area contributed by atoms with E-state index in [2.05, 4.69) is 12.2 Å². The predicted molar refractivity (Wildman–Crippen MR) is 96.0 cm³/mol. The highest BCUT2D eigenvalue weighted by Crippen LogP contribution is 2.39. The van der Waals surface area contributed by atoms with Crippen LogP contribution < -0.4 is 11.1 Å². The first-order chi connectivity index (χ1) is 11.0. The summed E-state index contributed by atoms with van der Waals surface area (Å²) in [5.41, 5.74) is 7.07. The van der Waals surface area contributed by atoms with Crippen LogP contribution in [0.4, 0.5) is 5.00 Å². The molecule has 4 nitrogen and oxygen atoms in total. The van der Waals surface area contributed by atoms with Gasteiger partial charge in [0.25, 0.3) is 5.91 Å². The summed E-state index contributed by atoms with van der Waals surface area (Å²) in [7, 11) is 0. The molecule has 2 amide bonds. The van der Waals surface area contributed by atoms with Crippen molar-refractivity contribution in [3.05, 3.63) is 44.5 Å². The molecular formula is C17H18N2O2S2. The van der Waals surface area contributed by atoms with Gasteiger partial charge in [0.05, 0.1) is 5.56 Å². The van der Waals surface area contributed by atoms with E-state index in [0.717, 1.165) is 29.7 Å². The Bertz CT molecular complexity index is 760. The molecule has 3 N–H and O–H groups in total. The Labute approximate surface area is 143 Å². The monoisotopic (exact) mass is 346 g/mol. The molecule has 0 fully saturated rings. The molecule has 23 heavy (non-hydrogen) atoms. The number of fused-ring (bicyclic) bond motifs is 1. The fourth-order valence-electron chi connectivity index (χ4n) is 2.80. The van der Waals surface area contributed by atoms with Crippen molar-refractivity contribution in [3.63, 3.8) is 0 Å². The summed E-state index contributed by atoms with van der Waals surface area (Å²) in [6, 6.07) is 3.87. The molecule has 3 rings (SSSR count). The van der Waals surface area contributed by atoms with Crippen molar-refractivity contribution in [2.75, 3.05) is 5.32 Å². The first kappa shape index (κ1) is 16.0. The second-order valence-corrected chi connectivity index (χ2v) is 7.84. The van der Waals surface area contributed by atoms with E-state index in [1.807, 2.05) is 17.5 Å². The molecular weight excluding hydrogens is 328 g/mol. The van der Waals surface area contributed by atoms with Crippen LogP contribution in [0.3, 0.4) is 0 Å². The number of hydrogen-bond acceptors (Lipinski definition) is 4. The SMILES string of the molecule is CC1CCc2c(sc(NC(=O)C=Cc3cccs3)c2C(N)=O)C1. The molecule has 1 aliphatic carbocycles. The zero-order chi connectivity index (χ0) is 16.4. The summed E-state index contributed by atoms with van der Waals surface area (Å²) in [5.74, 6) is -0.105. The average Bonchev–Trinajstić information content (AvgIpc) is 3.11. The van der Waals surface area contributed by atoms with Gasteiger partial charge in [-0.15, -0.1) is 22.7 Å². The third kappa shape index (κ3) is 3.54. The van der Waals surface area contributed by atoms with E-state index in [-0.39, 0.29) is 5.91 Å². The van der Waals surface area contributed by atoms with Crippen molar-refractivity contribution < 1.29 is 9.59 Å². The van der Waals surface area contributed by atoms with Crippen molar-refractivity contribution in [2.24, 2.45) is 11.7 Å². The van der Waals surface area contributed by atoms with Crippen LogP contribution in [0.25, 0.3) is 6.08 Å². The number of carbonyl (C=O) groups is 2. The molecule has 1 aliphatic rings. The Hall–Kier alpha value is -1.92. The van der Waals surface area contributed by atoms with Crippen molar-refractivity contribution in [1.82, 2.24) is 0 Å². The molecule has 120 valence electrons. The van der Waals surface area contributed by atoms with Crippen molar-refractivity contribution in [1.29, 1.82) is 0 Å². The van der Waals surface area contributed by atoms with Crippen molar-refractivity contribution in [3.8, 4) is 0 Å². The number of primary amides is 1. The number of hydrogen-bond donors (Lipinski definition) is 2. The third-order valence-electron chi connectivity index (χ3n) is 3.94. The number of anilines is 1. The summed E-state index contributed by atoms with van der Waals surface area (Å²) >= 11 is 3.04. The number of nitrogens with one attached hydrogen (secondary N) is 1. The highest BCUT2D eigenvalue weighted by molar-refractivity contribution is 7.17. The van der Waals surface area contributed by atoms with Gasteiger partial charge in [-0.1, -0.05) is 13.0 Å². The molecule has 2 aromatic heterocycles. The lowest BCUT2D eigenvalue weighted by Crippen LogP contribution is -2.18. The fraction of sp³-hybridized carbons (Fsp3) is 0.294. The molecule has 0 saturated heterocycles. The summed E-state index contributed by atoms with van der Waals surface area (Å²) < 4.78 is 0. The lowest BCUT2D eigenvalue weighted by molar-refractivity contribution is -0.111. The van der Waals surface area contributed by atoms with Gasteiger partial charge in [-0.05, 0) is 48.3 Å². The zero-order valence-electron chi connectivity index (χ0n) is 12.8. The summed E-state index contributed by atoms with van der Waals surface area (Å²) in [6.07, 6.45) is 6.10. The largest absolute Gasteiger partial charge is 0.365 e. The maximum atomic E-state index is 12.1. The Morgan fingerprint density at radius 1 is 1.43 bits per heavy atom. The highest BCUT2D eigenvalue weighted by Gasteiger charge is 2.26. The minimum atomic E-state index is -0.463. The molecule has 0 aromatic carbocycles. The molecule has 0 aliphatic heterocycles. The summed E-state index contributed by atoms with van der Waals surface area (Å²) in [4.78, 5) is 26.1. The van der Waals surface area contributed by atoms with E-state index < -0.39 is 5.91 Å². The van der Waals surface area contributed by atoms with Gasteiger partial charge in [0.1, 0.15) is 5.00 Å². The summed E-state index contributed by atoms with van der Waals surface area (Å²) in [5, 5.41) is 5.36. The van der Waals surface area contributed by atoms with Crippen molar-refractivity contribution >= 4 is 45.6 Å². The van der Waals surface area contributed by atoms with Gasteiger partial charge in [-0.3, -0.25) is 9.59 Å². The Kier molecular flexibility index (Phi) is 4.63. The van der Waals surface area contributed by atoms with Crippen molar-refractivity contribution in [2.45, 2.75) is 26.2 Å². The maximum Gasteiger partial charge on any atom is 0.251 e. The van der Waals surface area contributed by atoms with Gasteiger partial charge < -0.3 is 11.1 Å². The van der Waals surface area contributed by atoms with E-state index in [1.165, 1.54) is 22.3 Å². The van der Waals surface area contributed by atoms with Crippen LogP contribution in [-0.4, -0.2) is 11.8 Å². The minimum absolute atomic E-state index is 0.243. The number of rotatable bonds is 4. The normalized spacial score (nSPS) is 17.2. The standard InChI is InChI=1S/C17H18N2O2S2/c1-10-4-6-12-13(9-10)23-17(15(12)16(18)21)19-14(20)7-5-11-3-2-8-22-11/h2-3,5,7-8,10H,4,6,9H2,1H3,(H2,18,21)(H,19,20). The van der Waals surface area contributed by atoms with Crippen LogP contribution in [-0.2, 0) is 17.6 Å². The lowest BCUT2D eigenvalue weighted by atomic mass is 9.88. The van der Waals surface area contributed by atoms with Crippen LogP contribution in [0, 0.1) is 5.92 Å². The van der Waals surface area contributed by atoms with Gasteiger partial charge in [0.2, 0.25) is 5.91 Å². The third-order valence-corrected chi connectivity index (χ3v) is 5.94. The average molecular weight is 346 g/mol. The molecule has 2 heterocycles. The van der Waals surface area contributed by atoms with Gasteiger partial charge in [0, 0.05) is 15.8 Å². The zero-order valence-corrected chi connectivity index (χ0v) is 14.4. The van der Waals surface area contributed by atoms with Gasteiger partial charge >= 0.3 is 0 Å². The molecule has 0 radical (unpaired) electrons. The van der Waals surface area contributed by atoms with Crippen LogP contribution in [0.2, 0.25) is 0 Å². The van der Waals surface area contributed by atoms with E-state index in [4.69, 9.17) is 5.73 Å². The minimum Gasteiger partial charge on any atom is -0.365 e. The Morgan fingerprint density at radius 3 is 2.96 bits per heavy atom. The first-order valence-corrected chi connectivity index (χ1v) is 9.21. The highest BCUT2D eigenvalue weighted by atomic mass is 32.1. The van der Waals surface area contributed by atoms with Crippen LogP contribution in [0.5, 0.6) is 0 Å². The van der Waals surface area contributed by atoms with E-state index in [0.29, 0.717) is 16.5 Å². The molecule has 1 atom stereocenters. The topological polar surface area (TPSA) is 72.2 Å². The van der Waals surface area contributed by atoms with E-state index in [1.54, 1.807) is 17.4 Å². The maximum absolute atomic E-state index is 12.1. The quantitative estimate of drug-likeness (QED) is 0.829. The number of amides is 2. The van der Waals surface area contributed by atoms with Crippen LogP contribution in [0.15, 0.2) is 23.6 Å². The predicted octanol–water partition coefficient (Wildman–Crippen LogP) is 3.69. The van der Waals surface area contributed by atoms with Gasteiger partial charge in [-0.2, -0.15) is 0 Å². The number of nitrogens with two attached hydrogens (primary N) is 1. The van der Waals surface area contributed by atoms with E-state index in [9.17, 15) is 9.59 Å². The van der Waals surface area contributed by atoms with Gasteiger partial charge in [0.15, 0.2) is 0 Å². The van der Waals surface area contributed by atoms with Gasteiger partial charge in [-0.25, -0.2) is 0 Å². The van der Waals surface area contributed by atoms with Crippen LogP contribution in [0.1, 0.15) is 39.0 Å². The smallest absolute Gasteiger partial charge is 0.251 e. The first-order valence-electron chi connectivity index (χ1n) is 7.51. The molecule has 6 heteroatoms. The number of carbonyl (C=O) groups excluding carboxylic acids is 2.